The Morgan fingerprint density at radius 2 is 0.885 bits per heavy atom. The number of hydrogen-bond donors (Lipinski definition) is 0. The lowest BCUT2D eigenvalue weighted by atomic mass is 9.92. The van der Waals surface area contributed by atoms with Gasteiger partial charge < -0.3 is 0 Å². The Labute approximate surface area is 143 Å². The van der Waals surface area contributed by atoms with Crippen LogP contribution in [0.25, 0.3) is 0 Å². The van der Waals surface area contributed by atoms with Crippen LogP contribution >= 0.6 is 0 Å². The lowest BCUT2D eigenvalue weighted by Gasteiger charge is -2.20. The molecular formula is C10H12N6O10. The zero-order valence-corrected chi connectivity index (χ0v) is 13.0. The molecule has 0 saturated carbocycles. The standard InChI is InChI=1S/C10H12N6O10/c17-7-11-5-3-9(13(19)20,14(21)22)1-2-10(15(23)24,16(25)26)4-6-12-8-18/h1-6H2. The summed E-state index contributed by atoms with van der Waals surface area (Å²) < 4.78 is 0. The van der Waals surface area contributed by atoms with Crippen LogP contribution in [0.15, 0.2) is 9.98 Å². The first-order valence-corrected chi connectivity index (χ1v) is 6.76. The third-order valence-corrected chi connectivity index (χ3v) is 3.66. The second-order valence-electron chi connectivity index (χ2n) is 4.94. The molecule has 0 unspecified atom stereocenters. The van der Waals surface area contributed by atoms with Gasteiger partial charge in [0.2, 0.25) is 12.2 Å². The highest BCUT2D eigenvalue weighted by atomic mass is 16.7. The fraction of sp³-hybridized carbons (Fsp3) is 0.800. The van der Waals surface area contributed by atoms with Crippen molar-refractivity contribution in [2.24, 2.45) is 9.98 Å². The summed E-state index contributed by atoms with van der Waals surface area (Å²) >= 11 is 0. The van der Waals surface area contributed by atoms with Crippen LogP contribution in [0.4, 0.5) is 0 Å². The first-order chi connectivity index (χ1) is 12.1. The first kappa shape index (κ1) is 22.4. The van der Waals surface area contributed by atoms with Gasteiger partial charge in [-0.15, -0.1) is 0 Å². The summed E-state index contributed by atoms with van der Waals surface area (Å²) in [5, 5.41) is 44.8. The monoisotopic (exact) mass is 376 g/mol. The highest BCUT2D eigenvalue weighted by Gasteiger charge is 2.63. The van der Waals surface area contributed by atoms with E-state index in [0.29, 0.717) is 0 Å². The molecule has 142 valence electrons. The largest absolute Gasteiger partial charge is 0.460 e. The van der Waals surface area contributed by atoms with Crippen LogP contribution in [-0.4, -0.2) is 56.3 Å². The molecule has 16 nitrogen and oxygen atoms in total. The Hall–Kier alpha value is -3.64. The summed E-state index contributed by atoms with van der Waals surface area (Å²) in [6.07, 6.45) is -2.18. The van der Waals surface area contributed by atoms with Crippen molar-refractivity contribution in [2.75, 3.05) is 13.1 Å². The van der Waals surface area contributed by atoms with E-state index < -0.39 is 69.8 Å². The summed E-state index contributed by atoms with van der Waals surface area (Å²) in [5.74, 6) is 0. The predicted octanol–water partition coefficient (Wildman–Crippen LogP) is -0.282. The average Bonchev–Trinajstić information content (AvgIpc) is 2.55. The van der Waals surface area contributed by atoms with Crippen LogP contribution in [0.3, 0.4) is 0 Å². The molecule has 0 bridgehead atoms. The van der Waals surface area contributed by atoms with E-state index in [9.17, 15) is 50.0 Å². The number of hydrogen-bond acceptors (Lipinski definition) is 12. The van der Waals surface area contributed by atoms with E-state index in [2.05, 4.69) is 9.98 Å². The van der Waals surface area contributed by atoms with Crippen molar-refractivity contribution >= 4 is 12.2 Å². The van der Waals surface area contributed by atoms with Gasteiger partial charge in [-0.2, -0.15) is 0 Å². The zero-order chi connectivity index (χ0) is 20.4. The molecule has 0 heterocycles. The number of isocyanates is 2. The van der Waals surface area contributed by atoms with Crippen LogP contribution in [-0.2, 0) is 9.59 Å². The van der Waals surface area contributed by atoms with E-state index in [4.69, 9.17) is 0 Å². The summed E-state index contributed by atoms with van der Waals surface area (Å²) in [5.41, 5.74) is -6.04. The van der Waals surface area contributed by atoms with Crippen molar-refractivity contribution in [3.05, 3.63) is 40.5 Å². The molecule has 0 aliphatic heterocycles. The molecule has 0 saturated heterocycles. The summed E-state index contributed by atoms with van der Waals surface area (Å²) in [4.78, 5) is 65.3. The van der Waals surface area contributed by atoms with Crippen molar-refractivity contribution in [2.45, 2.75) is 37.0 Å². The maximum absolute atomic E-state index is 11.2. The Balaban J connectivity index is 5.82. The lowest BCUT2D eigenvalue weighted by molar-refractivity contribution is -0.816. The SMILES string of the molecule is O=C=NCCC(CCC(CCN=C=O)([N+](=O)[O-])[N+](=O)[O-])([N+](=O)[O-])[N+](=O)[O-]. The quantitative estimate of drug-likeness (QED) is 0.134. The number of aliphatic imine (C=N–C) groups is 2. The van der Waals surface area contributed by atoms with Crippen molar-refractivity contribution in [1.82, 2.24) is 0 Å². The molecule has 0 aliphatic rings. The number of rotatable bonds is 13. The molecule has 0 aromatic heterocycles. The molecule has 0 radical (unpaired) electrons. The molecule has 0 aliphatic carbocycles. The maximum atomic E-state index is 11.2. The fourth-order valence-corrected chi connectivity index (χ4v) is 2.08. The van der Waals surface area contributed by atoms with Gasteiger partial charge in [0.25, 0.3) is 0 Å². The highest BCUT2D eigenvalue weighted by Crippen LogP contribution is 2.30. The molecular weight excluding hydrogens is 364 g/mol. The van der Waals surface area contributed by atoms with Gasteiger partial charge in [-0.3, -0.25) is 40.5 Å². The van der Waals surface area contributed by atoms with E-state index in [1.165, 1.54) is 0 Å². The van der Waals surface area contributed by atoms with Gasteiger partial charge in [0.15, 0.2) is 0 Å². The molecule has 0 fully saturated rings. The van der Waals surface area contributed by atoms with E-state index in [1.807, 2.05) is 0 Å². The van der Waals surface area contributed by atoms with E-state index in [-0.39, 0.29) is 0 Å². The molecule has 0 N–H and O–H groups in total. The van der Waals surface area contributed by atoms with Crippen LogP contribution in [0.5, 0.6) is 0 Å². The first-order valence-electron chi connectivity index (χ1n) is 6.76. The van der Waals surface area contributed by atoms with Crippen molar-refractivity contribution in [3.8, 4) is 0 Å². The van der Waals surface area contributed by atoms with E-state index >= 15 is 0 Å². The van der Waals surface area contributed by atoms with Gasteiger partial charge in [-0.25, -0.2) is 19.6 Å². The smallest absolute Gasteiger partial charge is 0.258 e. The summed E-state index contributed by atoms with van der Waals surface area (Å²) in [6, 6.07) is 0. The summed E-state index contributed by atoms with van der Waals surface area (Å²) in [6.45, 7) is -1.35. The molecule has 16 heteroatoms. The minimum absolute atomic E-state index is 0.676. The Morgan fingerprint density at radius 3 is 1.08 bits per heavy atom. The normalized spacial score (nSPS) is 10.9. The van der Waals surface area contributed by atoms with Crippen molar-refractivity contribution in [3.63, 3.8) is 0 Å². The molecule has 0 rings (SSSR count). The predicted molar refractivity (Wildman–Crippen MR) is 77.9 cm³/mol. The number of nitro groups is 4. The van der Waals surface area contributed by atoms with Crippen LogP contribution < -0.4 is 0 Å². The zero-order valence-electron chi connectivity index (χ0n) is 13.0. The molecule has 0 aromatic carbocycles. The fourth-order valence-electron chi connectivity index (χ4n) is 2.08. The third kappa shape index (κ3) is 4.93. The minimum Gasteiger partial charge on any atom is -0.258 e. The molecule has 0 aromatic rings. The van der Waals surface area contributed by atoms with Gasteiger partial charge >= 0.3 is 11.3 Å². The minimum atomic E-state index is -3.02. The van der Waals surface area contributed by atoms with Crippen molar-refractivity contribution in [1.29, 1.82) is 0 Å². The van der Waals surface area contributed by atoms with Crippen LogP contribution in [0.1, 0.15) is 25.7 Å². The molecule has 0 spiro atoms. The maximum Gasteiger partial charge on any atom is 0.460 e. The topological polar surface area (TPSA) is 231 Å². The third-order valence-electron chi connectivity index (χ3n) is 3.66. The second-order valence-corrected chi connectivity index (χ2v) is 4.94. The lowest BCUT2D eigenvalue weighted by Crippen LogP contribution is -2.52. The van der Waals surface area contributed by atoms with Gasteiger partial charge in [-0.05, 0) is 0 Å². The Bertz CT molecular complexity index is 594. The number of carbonyl (C=O) groups excluding carboxylic acids is 2. The molecule has 0 amide bonds. The number of nitrogens with zero attached hydrogens (tertiary/aromatic N) is 6. The van der Waals surface area contributed by atoms with Crippen LogP contribution in [0, 0.1) is 40.5 Å². The molecule has 0 atom stereocenters. The van der Waals surface area contributed by atoms with Gasteiger partial charge in [0.05, 0.1) is 32.8 Å². The highest BCUT2D eigenvalue weighted by molar-refractivity contribution is 5.33. The molecule has 26 heavy (non-hydrogen) atoms. The second kappa shape index (κ2) is 9.61. The van der Waals surface area contributed by atoms with Gasteiger partial charge in [-0.1, -0.05) is 0 Å². The Morgan fingerprint density at radius 1 is 0.615 bits per heavy atom. The van der Waals surface area contributed by atoms with E-state index in [0.717, 1.165) is 12.2 Å². The Kier molecular flexibility index (Phi) is 8.26. The average molecular weight is 376 g/mol. The van der Waals surface area contributed by atoms with E-state index in [1.54, 1.807) is 0 Å². The van der Waals surface area contributed by atoms with Gasteiger partial charge in [0.1, 0.15) is 25.7 Å². The van der Waals surface area contributed by atoms with Crippen molar-refractivity contribution < 1.29 is 29.3 Å². The van der Waals surface area contributed by atoms with Crippen LogP contribution in [0.2, 0.25) is 0 Å². The summed E-state index contributed by atoms with van der Waals surface area (Å²) in [7, 11) is 0. The van der Waals surface area contributed by atoms with Gasteiger partial charge in [0, 0.05) is 0 Å².